The van der Waals surface area contributed by atoms with Gasteiger partial charge in [-0.1, -0.05) is 52.3 Å². The van der Waals surface area contributed by atoms with Crippen molar-refractivity contribution >= 4 is 33.8 Å². The number of halogens is 2. The Kier molecular flexibility index (Phi) is 6.96. The van der Waals surface area contributed by atoms with Crippen molar-refractivity contribution < 1.29 is 28.9 Å². The summed E-state index contributed by atoms with van der Waals surface area (Å²) in [5, 5.41) is 2.99. The number of hydrogen-bond donors (Lipinski definition) is 0. The van der Waals surface area contributed by atoms with Crippen LogP contribution in [0.25, 0.3) is 0 Å². The minimum Gasteiger partial charge on any atom is -0.222 e. The Morgan fingerprint density at radius 3 is 1.58 bits per heavy atom. The molecule has 1 aliphatic rings. The topological polar surface area (TPSA) is 92.2 Å². The monoisotopic (exact) mass is 430 g/mol. The summed E-state index contributed by atoms with van der Waals surface area (Å²) >= 11 is 3.72. The summed E-state index contributed by atoms with van der Waals surface area (Å²) in [5.41, 5.74) is 0. The molecule has 3 rings (SSSR count). The van der Waals surface area contributed by atoms with Gasteiger partial charge in [0, 0.05) is 4.83 Å². The zero-order chi connectivity index (χ0) is 17.6. The van der Waals surface area contributed by atoms with E-state index in [9.17, 15) is 0 Å². The highest BCUT2D eigenvalue weighted by atomic mass is 79.9. The maximum Gasteiger partial charge on any atom is 0.104 e. The van der Waals surface area contributed by atoms with E-state index in [0.717, 1.165) is 0 Å². The lowest BCUT2D eigenvalue weighted by Crippen LogP contribution is -2.68. The van der Waals surface area contributed by atoms with Crippen molar-refractivity contribution in [1.82, 2.24) is 0 Å². The minimum atomic E-state index is -4.94. The first kappa shape index (κ1) is 19.5. The summed E-state index contributed by atoms with van der Waals surface area (Å²) in [4.78, 5) is 0.535. The average molecular weight is 432 g/mol. The van der Waals surface area contributed by atoms with E-state index in [1.54, 1.807) is 0 Å². The van der Waals surface area contributed by atoms with Crippen molar-refractivity contribution in [2.45, 2.75) is 11.2 Å². The van der Waals surface area contributed by atoms with Crippen LogP contribution in [-0.4, -0.2) is 11.0 Å². The molecule has 1 unspecified atom stereocenters. The van der Waals surface area contributed by atoms with E-state index in [1.807, 2.05) is 0 Å². The Balaban J connectivity index is 0.000000368. The SMILES string of the molecule is BrC1C=C[P+](c2ccccc2)(c2ccccc2)CC1.[O-][Cl+3]([O-])([O-])[O-]. The lowest BCUT2D eigenvalue weighted by atomic mass is 10.3. The maximum atomic E-state index is 8.49. The van der Waals surface area contributed by atoms with Gasteiger partial charge in [0.05, 0.1) is 12.0 Å². The van der Waals surface area contributed by atoms with Crippen LogP contribution in [0.3, 0.4) is 0 Å². The highest BCUT2D eigenvalue weighted by molar-refractivity contribution is 9.09. The number of rotatable bonds is 2. The van der Waals surface area contributed by atoms with Gasteiger partial charge in [-0.25, -0.2) is 18.6 Å². The molecule has 0 aliphatic carbocycles. The largest absolute Gasteiger partial charge is 0.222 e. The molecule has 1 heterocycles. The van der Waals surface area contributed by atoms with E-state index in [1.165, 1.54) is 23.2 Å². The molecule has 1 aliphatic heterocycles. The van der Waals surface area contributed by atoms with E-state index >= 15 is 0 Å². The van der Waals surface area contributed by atoms with E-state index in [2.05, 4.69) is 88.5 Å². The number of benzene rings is 2. The second-order valence-corrected chi connectivity index (χ2v) is 10.7. The molecule has 0 amide bonds. The predicted octanol–water partition coefficient (Wildman–Crippen LogP) is -0.420. The molecule has 4 nitrogen and oxygen atoms in total. The fraction of sp³-hybridized carbons (Fsp3) is 0.176. The van der Waals surface area contributed by atoms with Crippen LogP contribution in [0.1, 0.15) is 6.42 Å². The lowest BCUT2D eigenvalue weighted by Gasteiger charge is -2.27. The molecular weight excluding hydrogens is 415 g/mol. The molecule has 128 valence electrons. The first-order chi connectivity index (χ1) is 11.3. The summed E-state index contributed by atoms with van der Waals surface area (Å²) in [6.45, 7) is 0. The summed E-state index contributed by atoms with van der Waals surface area (Å²) in [6.07, 6.45) is 4.82. The van der Waals surface area contributed by atoms with E-state index in [-0.39, 0.29) is 0 Å². The summed E-state index contributed by atoms with van der Waals surface area (Å²) in [5.74, 6) is 2.49. The normalized spacial score (nSPS) is 19.3. The van der Waals surface area contributed by atoms with Crippen LogP contribution in [0.2, 0.25) is 0 Å². The molecule has 0 aromatic heterocycles. The van der Waals surface area contributed by atoms with Crippen LogP contribution in [0, 0.1) is 10.2 Å². The Hall–Kier alpha value is -0.780. The molecule has 0 bridgehead atoms. The molecule has 0 radical (unpaired) electrons. The molecule has 0 fully saturated rings. The Bertz CT molecular complexity index is 616. The Morgan fingerprint density at radius 1 is 0.833 bits per heavy atom. The third kappa shape index (κ3) is 5.64. The standard InChI is InChI=1S/C17H17BrP.ClHO4/c18-15-11-13-19(14-12-15,16-7-3-1-4-8-16)17-9-5-2-6-10-17;2-1(3,4)5/h1-11,13,15H,12,14H2;(H,2,3,4,5)/q+1;/p-1. The quantitative estimate of drug-likeness (QED) is 0.477. The first-order valence-electron chi connectivity index (χ1n) is 7.25. The van der Waals surface area contributed by atoms with Crippen molar-refractivity contribution in [2.75, 3.05) is 6.16 Å². The van der Waals surface area contributed by atoms with Crippen LogP contribution < -0.4 is 29.2 Å². The maximum absolute atomic E-state index is 8.49. The summed E-state index contributed by atoms with van der Waals surface area (Å²) in [6, 6.07) is 22.0. The smallest absolute Gasteiger partial charge is 0.104 e. The van der Waals surface area contributed by atoms with Crippen LogP contribution >= 0.6 is 23.2 Å². The van der Waals surface area contributed by atoms with Gasteiger partial charge in [0.25, 0.3) is 0 Å². The molecule has 0 saturated carbocycles. The van der Waals surface area contributed by atoms with Crippen molar-refractivity contribution in [3.8, 4) is 0 Å². The highest BCUT2D eigenvalue weighted by Crippen LogP contribution is 2.60. The van der Waals surface area contributed by atoms with Gasteiger partial charge >= 0.3 is 0 Å². The molecule has 0 saturated heterocycles. The molecule has 0 N–H and O–H groups in total. The molecule has 2 aromatic rings. The van der Waals surface area contributed by atoms with Gasteiger partial charge < -0.3 is 0 Å². The van der Waals surface area contributed by atoms with Crippen molar-refractivity contribution in [3.63, 3.8) is 0 Å². The van der Waals surface area contributed by atoms with Crippen LogP contribution in [0.5, 0.6) is 0 Å². The molecule has 7 heteroatoms. The molecule has 0 spiro atoms. The number of alkyl halides is 1. The highest BCUT2D eigenvalue weighted by Gasteiger charge is 2.42. The summed E-state index contributed by atoms with van der Waals surface area (Å²) in [7, 11) is -6.29. The third-order valence-corrected chi connectivity index (χ3v) is 8.59. The van der Waals surface area contributed by atoms with Gasteiger partial charge in [-0.15, -0.1) is 10.2 Å². The van der Waals surface area contributed by atoms with Crippen molar-refractivity contribution in [3.05, 3.63) is 72.6 Å². The second kappa shape index (κ2) is 8.54. The van der Waals surface area contributed by atoms with Crippen molar-refractivity contribution in [2.24, 2.45) is 0 Å². The van der Waals surface area contributed by atoms with Gasteiger partial charge in [-0.3, -0.25) is 0 Å². The predicted molar refractivity (Wildman–Crippen MR) is 90.4 cm³/mol. The van der Waals surface area contributed by atoms with Crippen LogP contribution in [0.4, 0.5) is 0 Å². The minimum absolute atomic E-state index is 0.535. The Labute approximate surface area is 152 Å². The number of hydrogen-bond acceptors (Lipinski definition) is 4. The zero-order valence-electron chi connectivity index (χ0n) is 12.8. The molecule has 24 heavy (non-hydrogen) atoms. The van der Waals surface area contributed by atoms with E-state index < -0.39 is 17.5 Å². The van der Waals surface area contributed by atoms with Gasteiger partial charge in [0.15, 0.2) is 0 Å². The van der Waals surface area contributed by atoms with Gasteiger partial charge in [0.1, 0.15) is 17.9 Å². The third-order valence-electron chi connectivity index (χ3n) is 3.74. The first-order valence-corrected chi connectivity index (χ1v) is 11.4. The van der Waals surface area contributed by atoms with E-state index in [0.29, 0.717) is 4.83 Å². The molecule has 2 aromatic carbocycles. The van der Waals surface area contributed by atoms with Crippen LogP contribution in [0.15, 0.2) is 72.6 Å². The fourth-order valence-electron chi connectivity index (χ4n) is 2.71. The number of allylic oxidation sites excluding steroid dienone is 1. The lowest BCUT2D eigenvalue weighted by molar-refractivity contribution is -2.00. The van der Waals surface area contributed by atoms with Crippen molar-refractivity contribution in [1.29, 1.82) is 0 Å². The second-order valence-electron chi connectivity index (χ2n) is 5.29. The molecular formula is C17H17BrClO4P. The van der Waals surface area contributed by atoms with Crippen LogP contribution in [-0.2, 0) is 0 Å². The van der Waals surface area contributed by atoms with Gasteiger partial charge in [0.2, 0.25) is 0 Å². The van der Waals surface area contributed by atoms with E-state index in [4.69, 9.17) is 18.6 Å². The Morgan fingerprint density at radius 2 is 1.25 bits per heavy atom. The fourth-order valence-corrected chi connectivity index (χ4v) is 7.58. The van der Waals surface area contributed by atoms with Gasteiger partial charge in [-0.05, 0) is 36.8 Å². The van der Waals surface area contributed by atoms with Gasteiger partial charge in [-0.2, -0.15) is 0 Å². The zero-order valence-corrected chi connectivity index (χ0v) is 16.0. The molecule has 1 atom stereocenters. The summed E-state index contributed by atoms with van der Waals surface area (Å²) < 4.78 is 34.0. The average Bonchev–Trinajstić information content (AvgIpc) is 2.56.